The number of hydrogen-bond acceptors (Lipinski definition) is 5. The Hall–Kier alpha value is -3.61. The second kappa shape index (κ2) is 7.10. The van der Waals surface area contributed by atoms with Crippen LogP contribution < -0.4 is 10.7 Å². The average molecular weight is 347 g/mol. The molecule has 3 aromatic rings. The van der Waals surface area contributed by atoms with E-state index in [1.54, 1.807) is 36.7 Å². The number of aryl methyl sites for hydroxylation is 2. The van der Waals surface area contributed by atoms with Crippen molar-refractivity contribution in [3.05, 3.63) is 81.8 Å². The second-order valence-corrected chi connectivity index (χ2v) is 5.81. The number of hydrogen-bond donors (Lipinski definition) is 2. The minimum atomic E-state index is -0.588. The maximum atomic E-state index is 12.5. The first-order valence-electron chi connectivity index (χ1n) is 7.95. The SMILES string of the molecule is Cc1cc(NC(=O)c2nn(-c3ccccc3)c(C)cc2=O)ccc1N=N. The highest BCUT2D eigenvalue weighted by molar-refractivity contribution is 6.02. The summed E-state index contributed by atoms with van der Waals surface area (Å²) in [6, 6.07) is 15.6. The molecule has 0 saturated heterocycles. The van der Waals surface area contributed by atoms with Gasteiger partial charge in [-0.3, -0.25) is 9.59 Å². The van der Waals surface area contributed by atoms with Crippen LogP contribution in [0.15, 0.2) is 64.5 Å². The monoisotopic (exact) mass is 347 g/mol. The van der Waals surface area contributed by atoms with Crippen molar-refractivity contribution in [2.24, 2.45) is 5.11 Å². The molecule has 0 atom stereocenters. The predicted octanol–water partition coefficient (Wildman–Crippen LogP) is 3.76. The maximum Gasteiger partial charge on any atom is 0.280 e. The van der Waals surface area contributed by atoms with E-state index in [-0.39, 0.29) is 5.69 Å². The van der Waals surface area contributed by atoms with Gasteiger partial charge in [0.1, 0.15) is 0 Å². The molecule has 0 aliphatic rings. The summed E-state index contributed by atoms with van der Waals surface area (Å²) in [5.41, 5.74) is 9.60. The van der Waals surface area contributed by atoms with Crippen molar-refractivity contribution in [3.8, 4) is 5.69 Å². The molecule has 130 valence electrons. The van der Waals surface area contributed by atoms with Crippen LogP contribution in [0.1, 0.15) is 21.7 Å². The number of nitrogens with zero attached hydrogens (tertiary/aromatic N) is 3. The Morgan fingerprint density at radius 3 is 2.50 bits per heavy atom. The molecule has 0 bridgehead atoms. The molecule has 2 N–H and O–H groups in total. The minimum absolute atomic E-state index is 0.189. The first-order valence-corrected chi connectivity index (χ1v) is 7.95. The molecule has 3 rings (SSSR count). The molecule has 0 saturated carbocycles. The van der Waals surface area contributed by atoms with E-state index in [9.17, 15) is 9.59 Å². The lowest BCUT2D eigenvalue weighted by Crippen LogP contribution is -2.26. The lowest BCUT2D eigenvalue weighted by molar-refractivity contribution is 0.101. The number of carbonyl (C=O) groups is 1. The van der Waals surface area contributed by atoms with Gasteiger partial charge in [-0.05, 0) is 49.7 Å². The first kappa shape index (κ1) is 17.2. The third kappa shape index (κ3) is 3.41. The first-order chi connectivity index (χ1) is 12.5. The van der Waals surface area contributed by atoms with Crippen molar-refractivity contribution >= 4 is 17.3 Å². The van der Waals surface area contributed by atoms with Gasteiger partial charge in [0, 0.05) is 17.4 Å². The molecule has 7 nitrogen and oxygen atoms in total. The van der Waals surface area contributed by atoms with Gasteiger partial charge < -0.3 is 5.32 Å². The molecule has 0 radical (unpaired) electrons. The summed E-state index contributed by atoms with van der Waals surface area (Å²) >= 11 is 0. The molecule has 0 fully saturated rings. The number of para-hydroxylation sites is 1. The van der Waals surface area contributed by atoms with Gasteiger partial charge in [0.2, 0.25) is 5.43 Å². The Bertz CT molecular complexity index is 1040. The Morgan fingerprint density at radius 2 is 1.85 bits per heavy atom. The number of rotatable bonds is 4. The summed E-state index contributed by atoms with van der Waals surface area (Å²) in [4.78, 5) is 24.8. The lowest BCUT2D eigenvalue weighted by Gasteiger charge is -2.11. The average Bonchev–Trinajstić information content (AvgIpc) is 2.62. The summed E-state index contributed by atoms with van der Waals surface area (Å²) in [7, 11) is 0. The highest BCUT2D eigenvalue weighted by Gasteiger charge is 2.16. The van der Waals surface area contributed by atoms with E-state index in [0.717, 1.165) is 11.3 Å². The molecule has 1 amide bonds. The van der Waals surface area contributed by atoms with Gasteiger partial charge in [-0.2, -0.15) is 10.2 Å². The van der Waals surface area contributed by atoms with Crippen LogP contribution in [0.4, 0.5) is 11.4 Å². The molecule has 0 aliphatic heterocycles. The molecular formula is C19H17N5O2. The molecular weight excluding hydrogens is 330 g/mol. The normalized spacial score (nSPS) is 10.4. The van der Waals surface area contributed by atoms with E-state index >= 15 is 0 Å². The van der Waals surface area contributed by atoms with E-state index < -0.39 is 11.3 Å². The van der Waals surface area contributed by atoms with Crippen LogP contribution >= 0.6 is 0 Å². The van der Waals surface area contributed by atoms with Crippen molar-refractivity contribution in [2.45, 2.75) is 13.8 Å². The third-order valence-corrected chi connectivity index (χ3v) is 3.90. The molecule has 0 unspecified atom stereocenters. The lowest BCUT2D eigenvalue weighted by atomic mass is 10.2. The van der Waals surface area contributed by atoms with Gasteiger partial charge in [0.15, 0.2) is 5.69 Å². The van der Waals surface area contributed by atoms with Crippen LogP contribution in [0.5, 0.6) is 0 Å². The van der Waals surface area contributed by atoms with Gasteiger partial charge in [0.25, 0.3) is 5.91 Å². The quantitative estimate of drug-likeness (QED) is 0.703. The van der Waals surface area contributed by atoms with Crippen molar-refractivity contribution in [2.75, 3.05) is 5.32 Å². The number of anilines is 1. The fourth-order valence-electron chi connectivity index (χ4n) is 2.58. The summed E-state index contributed by atoms with van der Waals surface area (Å²) in [5, 5.41) is 10.3. The smallest absolute Gasteiger partial charge is 0.280 e. The summed E-state index contributed by atoms with van der Waals surface area (Å²) in [6.45, 7) is 3.55. The summed E-state index contributed by atoms with van der Waals surface area (Å²) < 4.78 is 1.56. The van der Waals surface area contributed by atoms with Crippen LogP contribution in [-0.4, -0.2) is 15.7 Å². The standard InChI is InChI=1S/C19H17N5O2/c1-12-10-14(8-9-16(12)22-20)21-19(26)18-17(25)11-13(2)24(23-18)15-6-4-3-5-7-15/h3-11,20H,1-2H3,(H,21,26). The van der Waals surface area contributed by atoms with Crippen LogP contribution in [0.25, 0.3) is 5.69 Å². The topological polar surface area (TPSA) is 100 Å². The Labute approximate surface area is 149 Å². The van der Waals surface area contributed by atoms with Crippen molar-refractivity contribution < 1.29 is 4.79 Å². The maximum absolute atomic E-state index is 12.5. The van der Waals surface area contributed by atoms with E-state index in [1.165, 1.54) is 6.07 Å². The zero-order chi connectivity index (χ0) is 18.7. The van der Waals surface area contributed by atoms with Gasteiger partial charge >= 0.3 is 0 Å². The fourth-order valence-corrected chi connectivity index (χ4v) is 2.58. The van der Waals surface area contributed by atoms with Crippen molar-refractivity contribution in [1.29, 1.82) is 5.53 Å². The van der Waals surface area contributed by atoms with Crippen molar-refractivity contribution in [1.82, 2.24) is 9.78 Å². The third-order valence-electron chi connectivity index (χ3n) is 3.90. The Morgan fingerprint density at radius 1 is 1.12 bits per heavy atom. The fraction of sp³-hybridized carbons (Fsp3) is 0.105. The summed E-state index contributed by atoms with van der Waals surface area (Å²) in [6.07, 6.45) is 0. The highest BCUT2D eigenvalue weighted by Crippen LogP contribution is 2.22. The van der Waals surface area contributed by atoms with E-state index in [1.807, 2.05) is 30.3 Å². The van der Waals surface area contributed by atoms with Crippen LogP contribution in [0, 0.1) is 19.4 Å². The predicted molar refractivity (Wildman–Crippen MR) is 98.5 cm³/mol. The molecule has 0 spiro atoms. The van der Waals surface area contributed by atoms with Crippen LogP contribution in [0.3, 0.4) is 0 Å². The second-order valence-electron chi connectivity index (χ2n) is 5.81. The number of benzene rings is 2. The number of aromatic nitrogens is 2. The molecule has 7 heteroatoms. The van der Waals surface area contributed by atoms with Crippen LogP contribution in [-0.2, 0) is 0 Å². The van der Waals surface area contributed by atoms with E-state index in [0.29, 0.717) is 17.1 Å². The molecule has 0 aliphatic carbocycles. The zero-order valence-corrected chi connectivity index (χ0v) is 14.4. The minimum Gasteiger partial charge on any atom is -0.320 e. The molecule has 1 heterocycles. The van der Waals surface area contributed by atoms with E-state index in [2.05, 4.69) is 15.5 Å². The Balaban J connectivity index is 1.96. The highest BCUT2D eigenvalue weighted by atomic mass is 16.2. The molecule has 2 aromatic carbocycles. The number of carbonyl (C=O) groups excluding carboxylic acids is 1. The zero-order valence-electron chi connectivity index (χ0n) is 14.4. The van der Waals surface area contributed by atoms with Crippen molar-refractivity contribution in [3.63, 3.8) is 0 Å². The summed E-state index contributed by atoms with van der Waals surface area (Å²) in [5.74, 6) is -0.588. The van der Waals surface area contributed by atoms with E-state index in [4.69, 9.17) is 5.53 Å². The van der Waals surface area contributed by atoms with Gasteiger partial charge in [-0.1, -0.05) is 18.2 Å². The van der Waals surface area contributed by atoms with Gasteiger partial charge in [-0.15, -0.1) is 0 Å². The molecule has 26 heavy (non-hydrogen) atoms. The largest absolute Gasteiger partial charge is 0.320 e. The van der Waals surface area contributed by atoms with Gasteiger partial charge in [-0.25, -0.2) is 10.2 Å². The number of amides is 1. The molecule has 1 aromatic heterocycles. The van der Waals surface area contributed by atoms with Crippen LogP contribution in [0.2, 0.25) is 0 Å². The Kier molecular flexibility index (Phi) is 4.70. The number of nitrogens with one attached hydrogen (secondary N) is 2. The van der Waals surface area contributed by atoms with Gasteiger partial charge in [0.05, 0.1) is 11.4 Å².